The van der Waals surface area contributed by atoms with Gasteiger partial charge in [-0.3, -0.25) is 9.36 Å². The standard InChI is InChI=1S/C67H131N2O6P/c1-6-8-10-12-14-16-18-20-22-24-26-28-30-32-34-36-38-40-42-44-46-48-50-52-54-56-58-60-66(70)65(64-75-76(72,73)74-63-62-69(3,4)5)68-67(71)61-59-57-55-53-51-49-47-45-43-41-39-37-35-33-31-29-27-25-23-21-19-17-15-13-11-9-7-2/h19,21,25,27,58,60,65-66,70H,6-18,20,22-24,26,28-57,59,61-64H2,1-5H3,(H-,68,71,72,73)/b21-19-,27-25-,60-58+. The Bertz CT molecular complexity index is 1330. The fraction of sp³-hybridized carbons (Fsp3) is 0.896. The molecule has 0 saturated carbocycles. The number of allylic oxidation sites excluding steroid dienone is 5. The second-order valence-corrected chi connectivity index (χ2v) is 25.6. The summed E-state index contributed by atoms with van der Waals surface area (Å²) in [4.78, 5) is 25.6. The number of unbranched alkanes of at least 4 members (excludes halogenated alkanes) is 45. The van der Waals surface area contributed by atoms with E-state index in [0.717, 1.165) is 44.9 Å². The van der Waals surface area contributed by atoms with Crippen LogP contribution < -0.4 is 10.2 Å². The van der Waals surface area contributed by atoms with E-state index in [1.54, 1.807) is 6.08 Å². The Hall–Kier alpha value is -1.28. The average molecular weight is 1090 g/mol. The number of amides is 1. The number of nitrogens with zero attached hydrogens (tertiary/aromatic N) is 1. The zero-order valence-electron chi connectivity index (χ0n) is 51.5. The van der Waals surface area contributed by atoms with E-state index in [0.29, 0.717) is 17.4 Å². The molecule has 0 saturated heterocycles. The minimum absolute atomic E-state index is 0.000403. The second kappa shape index (κ2) is 58.4. The van der Waals surface area contributed by atoms with Crippen LogP contribution in [0, 0.1) is 0 Å². The van der Waals surface area contributed by atoms with Gasteiger partial charge in [0.1, 0.15) is 13.2 Å². The highest BCUT2D eigenvalue weighted by Gasteiger charge is 2.23. The number of likely N-dealkylation sites (N-methyl/N-ethyl adjacent to an activating group) is 1. The highest BCUT2D eigenvalue weighted by molar-refractivity contribution is 7.45. The molecule has 0 aliphatic rings. The first-order valence-electron chi connectivity index (χ1n) is 33.4. The van der Waals surface area contributed by atoms with Crippen LogP contribution in [-0.4, -0.2) is 68.5 Å². The van der Waals surface area contributed by atoms with E-state index in [2.05, 4.69) is 43.5 Å². The molecule has 0 aromatic rings. The van der Waals surface area contributed by atoms with Gasteiger partial charge in [0.25, 0.3) is 7.82 Å². The Labute approximate surface area is 474 Å². The highest BCUT2D eigenvalue weighted by Crippen LogP contribution is 2.38. The molecule has 0 spiro atoms. The quantitative estimate of drug-likeness (QED) is 0.0272. The first-order valence-corrected chi connectivity index (χ1v) is 34.8. The van der Waals surface area contributed by atoms with Gasteiger partial charge in [-0.25, -0.2) is 0 Å². The summed E-state index contributed by atoms with van der Waals surface area (Å²) in [7, 11) is 1.27. The normalized spacial score (nSPS) is 13.9. The number of nitrogens with one attached hydrogen (secondary N) is 1. The van der Waals surface area contributed by atoms with Gasteiger partial charge in [0.2, 0.25) is 5.91 Å². The van der Waals surface area contributed by atoms with Crippen molar-refractivity contribution in [3.63, 3.8) is 0 Å². The van der Waals surface area contributed by atoms with Crippen molar-refractivity contribution in [3.8, 4) is 0 Å². The zero-order chi connectivity index (χ0) is 55.6. The highest BCUT2D eigenvalue weighted by atomic mass is 31.2. The van der Waals surface area contributed by atoms with Crippen LogP contribution in [0.2, 0.25) is 0 Å². The minimum Gasteiger partial charge on any atom is -0.756 e. The van der Waals surface area contributed by atoms with Crippen molar-refractivity contribution >= 4 is 13.7 Å². The molecule has 1 amide bonds. The second-order valence-electron chi connectivity index (χ2n) is 24.2. The molecule has 8 nitrogen and oxygen atoms in total. The molecule has 76 heavy (non-hydrogen) atoms. The summed E-state index contributed by atoms with van der Waals surface area (Å²) in [6.45, 7) is 4.69. The van der Waals surface area contributed by atoms with Crippen molar-refractivity contribution in [1.82, 2.24) is 5.32 Å². The number of carbonyl (C=O) groups is 1. The fourth-order valence-electron chi connectivity index (χ4n) is 10.1. The monoisotopic (exact) mass is 1090 g/mol. The number of phosphoric acid groups is 1. The van der Waals surface area contributed by atoms with Crippen LogP contribution in [0.1, 0.15) is 335 Å². The molecule has 0 heterocycles. The molecule has 450 valence electrons. The maximum absolute atomic E-state index is 13.0. The average Bonchev–Trinajstić information content (AvgIpc) is 3.38. The summed E-state index contributed by atoms with van der Waals surface area (Å²) in [5.74, 6) is -0.192. The molecular formula is C67H131N2O6P. The first kappa shape index (κ1) is 74.7. The predicted octanol–water partition coefficient (Wildman–Crippen LogP) is 20.3. The molecule has 0 fully saturated rings. The van der Waals surface area contributed by atoms with Crippen LogP contribution in [0.4, 0.5) is 0 Å². The van der Waals surface area contributed by atoms with Gasteiger partial charge < -0.3 is 28.8 Å². The molecule has 0 rings (SSSR count). The van der Waals surface area contributed by atoms with Gasteiger partial charge in [0.15, 0.2) is 0 Å². The van der Waals surface area contributed by atoms with E-state index in [-0.39, 0.29) is 19.1 Å². The van der Waals surface area contributed by atoms with E-state index in [9.17, 15) is 19.4 Å². The topological polar surface area (TPSA) is 108 Å². The molecule has 0 radical (unpaired) electrons. The van der Waals surface area contributed by atoms with Crippen LogP contribution in [0.3, 0.4) is 0 Å². The number of aliphatic hydroxyl groups is 1. The SMILES string of the molecule is CCCCCCC/C=C\C/C=C\CCCCCCCCCCCCCCCCCC(=O)NC(COP(=O)([O-])OCC[N+](C)(C)C)C(O)/C=C/CCCCCCCCCCCCCCCCCCCCCCCCCCC. The van der Waals surface area contributed by atoms with Gasteiger partial charge in [-0.05, 0) is 51.4 Å². The lowest BCUT2D eigenvalue weighted by Gasteiger charge is -2.29. The number of carbonyl (C=O) groups excluding carboxylic acids is 1. The summed E-state index contributed by atoms with van der Waals surface area (Å²) in [5.41, 5.74) is 0. The smallest absolute Gasteiger partial charge is 0.268 e. The zero-order valence-corrected chi connectivity index (χ0v) is 52.4. The largest absolute Gasteiger partial charge is 0.756 e. The number of hydrogen-bond acceptors (Lipinski definition) is 6. The lowest BCUT2D eigenvalue weighted by molar-refractivity contribution is -0.870. The fourth-order valence-corrected chi connectivity index (χ4v) is 10.9. The van der Waals surface area contributed by atoms with Crippen LogP contribution in [0.15, 0.2) is 36.5 Å². The van der Waals surface area contributed by atoms with Crippen LogP contribution in [-0.2, 0) is 18.4 Å². The number of phosphoric ester groups is 1. The predicted molar refractivity (Wildman–Crippen MR) is 330 cm³/mol. The van der Waals surface area contributed by atoms with E-state index < -0.39 is 20.0 Å². The molecule has 0 aliphatic heterocycles. The molecule has 0 bridgehead atoms. The third-order valence-corrected chi connectivity index (χ3v) is 16.3. The van der Waals surface area contributed by atoms with Crippen molar-refractivity contribution in [2.45, 2.75) is 347 Å². The van der Waals surface area contributed by atoms with Crippen molar-refractivity contribution in [1.29, 1.82) is 0 Å². The summed E-state index contributed by atoms with van der Waals surface area (Å²) >= 11 is 0. The van der Waals surface area contributed by atoms with Gasteiger partial charge in [-0.2, -0.15) is 0 Å². The van der Waals surface area contributed by atoms with Gasteiger partial charge in [0, 0.05) is 6.42 Å². The molecule has 9 heteroatoms. The maximum atomic E-state index is 13.0. The van der Waals surface area contributed by atoms with Crippen LogP contribution >= 0.6 is 7.82 Å². The Balaban J connectivity index is 4.09. The molecule has 0 aromatic heterocycles. The van der Waals surface area contributed by atoms with Gasteiger partial charge in [0.05, 0.1) is 39.9 Å². The Morgan fingerprint density at radius 1 is 0.461 bits per heavy atom. The number of hydrogen-bond donors (Lipinski definition) is 2. The molecular weight excluding hydrogens is 960 g/mol. The van der Waals surface area contributed by atoms with E-state index in [1.165, 1.54) is 270 Å². The summed E-state index contributed by atoms with van der Waals surface area (Å²) in [6, 6.07) is -0.887. The van der Waals surface area contributed by atoms with E-state index in [1.807, 2.05) is 27.2 Å². The number of quaternary nitrogens is 1. The Morgan fingerprint density at radius 2 is 0.763 bits per heavy atom. The lowest BCUT2D eigenvalue weighted by atomic mass is 10.0. The minimum atomic E-state index is -4.60. The summed E-state index contributed by atoms with van der Waals surface area (Å²) in [5, 5.41) is 14.0. The molecule has 3 atom stereocenters. The Kier molecular flexibility index (Phi) is 57.4. The van der Waals surface area contributed by atoms with Crippen LogP contribution in [0.5, 0.6) is 0 Å². The number of aliphatic hydroxyl groups excluding tert-OH is 1. The number of rotatable bonds is 62. The molecule has 0 aromatic carbocycles. The van der Waals surface area contributed by atoms with Gasteiger partial charge in [-0.1, -0.05) is 314 Å². The summed E-state index contributed by atoms with van der Waals surface area (Å²) in [6.07, 6.45) is 76.8. The molecule has 2 N–H and O–H groups in total. The molecule has 0 aliphatic carbocycles. The van der Waals surface area contributed by atoms with Crippen molar-refractivity contribution < 1.29 is 32.9 Å². The Morgan fingerprint density at radius 3 is 1.09 bits per heavy atom. The van der Waals surface area contributed by atoms with Gasteiger partial charge in [-0.15, -0.1) is 0 Å². The first-order chi connectivity index (χ1) is 37.0. The van der Waals surface area contributed by atoms with Crippen molar-refractivity contribution in [3.05, 3.63) is 36.5 Å². The summed E-state index contributed by atoms with van der Waals surface area (Å²) < 4.78 is 23.4. The maximum Gasteiger partial charge on any atom is 0.268 e. The third-order valence-electron chi connectivity index (χ3n) is 15.3. The van der Waals surface area contributed by atoms with Crippen LogP contribution in [0.25, 0.3) is 0 Å². The lowest BCUT2D eigenvalue weighted by Crippen LogP contribution is -2.45. The van der Waals surface area contributed by atoms with E-state index >= 15 is 0 Å². The van der Waals surface area contributed by atoms with E-state index in [4.69, 9.17) is 9.05 Å². The van der Waals surface area contributed by atoms with Gasteiger partial charge >= 0.3 is 0 Å². The van der Waals surface area contributed by atoms with Crippen molar-refractivity contribution in [2.24, 2.45) is 0 Å². The third kappa shape index (κ3) is 60.4. The van der Waals surface area contributed by atoms with Crippen molar-refractivity contribution in [2.75, 3.05) is 40.9 Å². The molecule has 3 unspecified atom stereocenters.